The number of hydrogen-bond acceptors (Lipinski definition) is 4. The van der Waals surface area contributed by atoms with Crippen LogP contribution < -0.4 is 16.6 Å². The molecule has 2 rings (SSSR count). The van der Waals surface area contributed by atoms with E-state index in [-0.39, 0.29) is 6.17 Å². The average Bonchev–Trinajstić information content (AvgIpc) is 2.70. The van der Waals surface area contributed by atoms with Gasteiger partial charge in [-0.25, -0.2) is 9.59 Å². The van der Waals surface area contributed by atoms with Gasteiger partial charge in [-0.1, -0.05) is 0 Å². The number of hydrogen-bond donors (Lipinski definition) is 3. The van der Waals surface area contributed by atoms with E-state index in [1.807, 2.05) is 4.98 Å². The molecular weight excluding hydrogens is 214 g/mol. The lowest BCUT2D eigenvalue weighted by atomic mass is 10.3. The van der Waals surface area contributed by atoms with Crippen LogP contribution in [0.3, 0.4) is 0 Å². The quantitative estimate of drug-likeness (QED) is 0.606. The fraction of sp³-hybridized carbons (Fsp3) is 0.444. The Bertz CT molecular complexity index is 524. The number of nitrogens with one attached hydrogen (secondary N) is 2. The Labute approximate surface area is 89.7 Å². The second-order valence-electron chi connectivity index (χ2n) is 3.63. The number of carboxylic acid groups (broad SMARTS) is 1. The number of aromatic carboxylic acids is 1. The van der Waals surface area contributed by atoms with Gasteiger partial charge in [0.25, 0.3) is 5.56 Å². The summed E-state index contributed by atoms with van der Waals surface area (Å²) in [6.45, 7) is 0.776. The molecule has 1 aliphatic rings. The SMILES string of the molecule is O=C(O)c1cn(C2CCCN2)c(=O)[nH]c1=O. The molecule has 1 aromatic heterocycles. The molecule has 2 heterocycles. The Morgan fingerprint density at radius 3 is 2.81 bits per heavy atom. The Morgan fingerprint density at radius 1 is 1.50 bits per heavy atom. The van der Waals surface area contributed by atoms with E-state index in [1.54, 1.807) is 0 Å². The van der Waals surface area contributed by atoms with Gasteiger partial charge in [-0.15, -0.1) is 0 Å². The van der Waals surface area contributed by atoms with Crippen LogP contribution >= 0.6 is 0 Å². The van der Waals surface area contributed by atoms with Gasteiger partial charge in [0.2, 0.25) is 0 Å². The highest BCUT2D eigenvalue weighted by atomic mass is 16.4. The predicted octanol–water partition coefficient (Wildman–Crippen LogP) is -0.883. The highest BCUT2D eigenvalue weighted by molar-refractivity contribution is 5.86. The summed E-state index contributed by atoms with van der Waals surface area (Å²) in [5.74, 6) is -1.34. The molecule has 0 aliphatic carbocycles. The van der Waals surface area contributed by atoms with Gasteiger partial charge in [0.1, 0.15) is 5.56 Å². The molecule has 0 bridgehead atoms. The van der Waals surface area contributed by atoms with Gasteiger partial charge in [0.05, 0.1) is 6.17 Å². The summed E-state index contributed by atoms with van der Waals surface area (Å²) in [4.78, 5) is 35.4. The molecule has 0 aromatic carbocycles. The average molecular weight is 225 g/mol. The zero-order valence-electron chi connectivity index (χ0n) is 8.40. The van der Waals surface area contributed by atoms with Gasteiger partial charge in [-0.3, -0.25) is 19.7 Å². The van der Waals surface area contributed by atoms with Crippen LogP contribution in [0.4, 0.5) is 0 Å². The first-order valence-electron chi connectivity index (χ1n) is 4.92. The summed E-state index contributed by atoms with van der Waals surface area (Å²) >= 11 is 0. The first-order valence-corrected chi connectivity index (χ1v) is 4.92. The largest absolute Gasteiger partial charge is 0.477 e. The van der Waals surface area contributed by atoms with Crippen molar-refractivity contribution in [3.63, 3.8) is 0 Å². The maximum absolute atomic E-state index is 11.5. The summed E-state index contributed by atoms with van der Waals surface area (Å²) in [5.41, 5.74) is -1.88. The summed E-state index contributed by atoms with van der Waals surface area (Å²) in [5, 5.41) is 11.8. The molecule has 1 atom stereocenters. The Balaban J connectivity index is 2.53. The molecule has 86 valence electrons. The van der Waals surface area contributed by atoms with Gasteiger partial charge in [-0.2, -0.15) is 0 Å². The van der Waals surface area contributed by atoms with E-state index in [4.69, 9.17) is 5.11 Å². The second-order valence-corrected chi connectivity index (χ2v) is 3.63. The molecule has 0 radical (unpaired) electrons. The van der Waals surface area contributed by atoms with Crippen LogP contribution in [0.1, 0.15) is 29.4 Å². The van der Waals surface area contributed by atoms with E-state index in [1.165, 1.54) is 4.57 Å². The molecular formula is C9H11N3O4. The lowest BCUT2D eigenvalue weighted by molar-refractivity contribution is 0.0693. The topological polar surface area (TPSA) is 104 Å². The third kappa shape index (κ3) is 1.76. The fourth-order valence-electron chi connectivity index (χ4n) is 1.77. The number of nitrogens with zero attached hydrogens (tertiary/aromatic N) is 1. The second kappa shape index (κ2) is 3.93. The van der Waals surface area contributed by atoms with E-state index >= 15 is 0 Å². The summed E-state index contributed by atoms with van der Waals surface area (Å²) < 4.78 is 1.22. The zero-order valence-corrected chi connectivity index (χ0v) is 8.40. The van der Waals surface area contributed by atoms with E-state index in [0.29, 0.717) is 0 Å². The highest BCUT2D eigenvalue weighted by Crippen LogP contribution is 2.13. The third-order valence-electron chi connectivity index (χ3n) is 2.57. The molecule has 0 amide bonds. The number of rotatable bonds is 2. The zero-order chi connectivity index (χ0) is 11.7. The number of aromatic nitrogens is 2. The van der Waals surface area contributed by atoms with Crippen molar-refractivity contribution >= 4 is 5.97 Å². The Morgan fingerprint density at radius 2 is 2.25 bits per heavy atom. The molecule has 16 heavy (non-hydrogen) atoms. The van der Waals surface area contributed by atoms with Crippen molar-refractivity contribution in [3.05, 3.63) is 32.6 Å². The van der Waals surface area contributed by atoms with Crippen LogP contribution in [0, 0.1) is 0 Å². The molecule has 7 heteroatoms. The number of carboxylic acids is 1. The molecule has 1 aliphatic heterocycles. The van der Waals surface area contributed by atoms with E-state index < -0.39 is 22.8 Å². The van der Waals surface area contributed by atoms with Gasteiger partial charge in [0.15, 0.2) is 0 Å². The minimum Gasteiger partial charge on any atom is -0.477 e. The van der Waals surface area contributed by atoms with Crippen LogP contribution in [-0.4, -0.2) is 27.2 Å². The number of H-pyrrole nitrogens is 1. The summed E-state index contributed by atoms with van der Waals surface area (Å²) in [7, 11) is 0. The van der Waals surface area contributed by atoms with Gasteiger partial charge < -0.3 is 5.11 Å². The van der Waals surface area contributed by atoms with Gasteiger partial charge >= 0.3 is 11.7 Å². The first-order chi connectivity index (χ1) is 7.59. The maximum Gasteiger partial charge on any atom is 0.342 e. The van der Waals surface area contributed by atoms with E-state index in [2.05, 4.69) is 5.32 Å². The van der Waals surface area contributed by atoms with Crippen molar-refractivity contribution < 1.29 is 9.90 Å². The smallest absolute Gasteiger partial charge is 0.342 e. The van der Waals surface area contributed by atoms with Crippen LogP contribution in [0.5, 0.6) is 0 Å². The number of aromatic amines is 1. The normalized spacial score (nSPS) is 19.9. The standard InChI is InChI=1S/C9H11N3O4/c13-7-5(8(14)15)4-12(9(16)11-7)6-2-1-3-10-6/h4,6,10H,1-3H2,(H,14,15)(H,11,13,16). The van der Waals surface area contributed by atoms with Crippen molar-refractivity contribution in [2.75, 3.05) is 6.54 Å². The molecule has 1 unspecified atom stereocenters. The fourth-order valence-corrected chi connectivity index (χ4v) is 1.77. The van der Waals surface area contributed by atoms with Gasteiger partial charge in [-0.05, 0) is 19.4 Å². The number of carbonyl (C=O) groups is 1. The summed E-state index contributed by atoms with van der Waals surface area (Å²) in [6.07, 6.45) is 2.51. The van der Waals surface area contributed by atoms with Crippen molar-refractivity contribution in [3.8, 4) is 0 Å². The van der Waals surface area contributed by atoms with E-state index in [9.17, 15) is 14.4 Å². The van der Waals surface area contributed by atoms with Crippen LogP contribution in [0.25, 0.3) is 0 Å². The lowest BCUT2D eigenvalue weighted by Gasteiger charge is -2.13. The van der Waals surface area contributed by atoms with Crippen molar-refractivity contribution in [1.82, 2.24) is 14.9 Å². The van der Waals surface area contributed by atoms with Crippen molar-refractivity contribution in [2.45, 2.75) is 19.0 Å². The Kier molecular flexibility index (Phi) is 2.61. The molecule has 3 N–H and O–H groups in total. The maximum atomic E-state index is 11.5. The minimum absolute atomic E-state index is 0.234. The van der Waals surface area contributed by atoms with Crippen LogP contribution in [-0.2, 0) is 0 Å². The molecule has 1 fully saturated rings. The van der Waals surface area contributed by atoms with Crippen LogP contribution in [0.2, 0.25) is 0 Å². The highest BCUT2D eigenvalue weighted by Gasteiger charge is 2.19. The minimum atomic E-state index is -1.34. The Hall–Kier alpha value is -1.89. The van der Waals surface area contributed by atoms with Crippen LogP contribution in [0.15, 0.2) is 15.8 Å². The lowest BCUT2D eigenvalue weighted by Crippen LogP contribution is -2.37. The third-order valence-corrected chi connectivity index (χ3v) is 2.57. The molecule has 7 nitrogen and oxygen atoms in total. The molecule has 0 saturated carbocycles. The van der Waals surface area contributed by atoms with Crippen molar-refractivity contribution in [1.29, 1.82) is 0 Å². The summed E-state index contributed by atoms with van der Waals surface area (Å²) in [6, 6.07) is 0. The molecule has 1 saturated heterocycles. The van der Waals surface area contributed by atoms with Crippen molar-refractivity contribution in [2.24, 2.45) is 0 Å². The van der Waals surface area contributed by atoms with Gasteiger partial charge in [0, 0.05) is 6.20 Å². The molecule has 1 aromatic rings. The predicted molar refractivity (Wildman–Crippen MR) is 54.6 cm³/mol. The molecule has 0 spiro atoms. The van der Waals surface area contributed by atoms with E-state index in [0.717, 1.165) is 25.6 Å². The monoisotopic (exact) mass is 225 g/mol. The first kappa shape index (κ1) is 10.6.